The van der Waals surface area contributed by atoms with Crippen molar-refractivity contribution in [3.05, 3.63) is 42.2 Å². The number of nitriles is 1. The Morgan fingerprint density at radius 3 is 2.93 bits per heavy atom. The molecule has 0 aliphatic heterocycles. The highest BCUT2D eigenvalue weighted by Crippen LogP contribution is 2.21. The van der Waals surface area contributed by atoms with Crippen molar-refractivity contribution in [3.8, 4) is 17.8 Å². The normalized spacial score (nSPS) is 9.36. The van der Waals surface area contributed by atoms with Crippen LogP contribution in [0.5, 0.6) is 11.8 Å². The Morgan fingerprint density at radius 1 is 1.36 bits per heavy atom. The summed E-state index contributed by atoms with van der Waals surface area (Å²) in [6.07, 6.45) is 3.24. The van der Waals surface area contributed by atoms with Crippen LogP contribution in [0, 0.1) is 11.3 Å². The lowest BCUT2D eigenvalue weighted by Crippen LogP contribution is -1.88. The zero-order valence-electron chi connectivity index (χ0n) is 7.27. The van der Waals surface area contributed by atoms with E-state index in [0.29, 0.717) is 17.3 Å². The molecule has 0 bridgehead atoms. The van der Waals surface area contributed by atoms with E-state index in [0.717, 1.165) is 0 Å². The topological polar surface area (TPSA) is 61.7 Å². The van der Waals surface area contributed by atoms with Crippen molar-refractivity contribution < 1.29 is 4.74 Å². The molecule has 2 aromatic rings. The number of nitrogens with zero attached hydrogens (tertiary/aromatic N) is 2. The van der Waals surface area contributed by atoms with Crippen LogP contribution >= 0.6 is 0 Å². The van der Waals surface area contributed by atoms with Crippen molar-refractivity contribution in [2.24, 2.45) is 0 Å². The number of ether oxygens (including phenoxy) is 1. The van der Waals surface area contributed by atoms with E-state index in [9.17, 15) is 0 Å². The van der Waals surface area contributed by atoms with Gasteiger partial charge in [-0.05, 0) is 12.1 Å². The number of hydrogen-bond acceptors (Lipinski definition) is 3. The molecule has 0 aliphatic rings. The van der Waals surface area contributed by atoms with Gasteiger partial charge in [0, 0.05) is 12.4 Å². The molecule has 0 unspecified atom stereocenters. The van der Waals surface area contributed by atoms with Crippen molar-refractivity contribution in [1.82, 2.24) is 9.97 Å². The number of aromatic nitrogens is 2. The molecule has 2 rings (SSSR count). The predicted molar refractivity (Wildman–Crippen MR) is 49.8 cm³/mol. The van der Waals surface area contributed by atoms with E-state index in [1.807, 2.05) is 6.07 Å². The third-order valence-corrected chi connectivity index (χ3v) is 1.69. The first-order chi connectivity index (χ1) is 6.90. The average molecular weight is 185 g/mol. The molecule has 0 amide bonds. The van der Waals surface area contributed by atoms with Crippen molar-refractivity contribution in [2.75, 3.05) is 0 Å². The highest BCUT2D eigenvalue weighted by Gasteiger charge is 2.03. The number of imidazole rings is 1. The Bertz CT molecular complexity index is 456. The summed E-state index contributed by atoms with van der Waals surface area (Å²) in [5, 5.41) is 8.79. The second-order valence-corrected chi connectivity index (χ2v) is 2.60. The van der Waals surface area contributed by atoms with E-state index in [4.69, 9.17) is 10.00 Å². The van der Waals surface area contributed by atoms with Gasteiger partial charge in [-0.25, -0.2) is 4.98 Å². The minimum absolute atomic E-state index is 0.382. The third kappa shape index (κ3) is 1.57. The van der Waals surface area contributed by atoms with Gasteiger partial charge in [0.05, 0.1) is 5.56 Å². The molecular weight excluding hydrogens is 178 g/mol. The quantitative estimate of drug-likeness (QED) is 0.779. The Hall–Kier alpha value is -2.28. The summed E-state index contributed by atoms with van der Waals surface area (Å²) in [5.41, 5.74) is 0.490. The standard InChI is InChI=1S/C10H7N3O/c11-7-8-3-1-2-4-9(8)14-10-12-5-6-13-10/h1-6H,(H,12,13). The second-order valence-electron chi connectivity index (χ2n) is 2.60. The number of para-hydroxylation sites is 1. The van der Waals surface area contributed by atoms with Gasteiger partial charge in [0.15, 0.2) is 0 Å². The second kappa shape index (κ2) is 3.62. The number of rotatable bonds is 2. The highest BCUT2D eigenvalue weighted by atomic mass is 16.5. The van der Waals surface area contributed by atoms with Crippen LogP contribution in [0.4, 0.5) is 0 Å². The molecule has 4 nitrogen and oxygen atoms in total. The molecule has 14 heavy (non-hydrogen) atoms. The fourth-order valence-corrected chi connectivity index (χ4v) is 1.06. The van der Waals surface area contributed by atoms with E-state index < -0.39 is 0 Å². The molecule has 0 spiro atoms. The highest BCUT2D eigenvalue weighted by molar-refractivity contribution is 5.43. The number of H-pyrrole nitrogens is 1. The monoisotopic (exact) mass is 185 g/mol. The Morgan fingerprint density at radius 2 is 2.21 bits per heavy atom. The minimum Gasteiger partial charge on any atom is -0.424 e. The van der Waals surface area contributed by atoms with E-state index in [2.05, 4.69) is 9.97 Å². The lowest BCUT2D eigenvalue weighted by atomic mass is 10.2. The molecule has 1 N–H and O–H groups in total. The first-order valence-corrected chi connectivity index (χ1v) is 4.06. The van der Waals surface area contributed by atoms with Crippen LogP contribution in [-0.4, -0.2) is 9.97 Å². The summed E-state index contributed by atoms with van der Waals surface area (Å²) < 4.78 is 5.35. The Kier molecular flexibility index (Phi) is 2.15. The zero-order valence-corrected chi connectivity index (χ0v) is 7.27. The van der Waals surface area contributed by atoms with Crippen LogP contribution in [0.3, 0.4) is 0 Å². The van der Waals surface area contributed by atoms with Crippen molar-refractivity contribution in [2.45, 2.75) is 0 Å². The van der Waals surface area contributed by atoms with Gasteiger partial charge in [-0.15, -0.1) is 0 Å². The molecular formula is C10H7N3O. The van der Waals surface area contributed by atoms with Gasteiger partial charge in [0.1, 0.15) is 11.8 Å². The first-order valence-electron chi connectivity index (χ1n) is 4.06. The Labute approximate surface area is 80.8 Å². The van der Waals surface area contributed by atoms with Crippen LogP contribution in [0.15, 0.2) is 36.7 Å². The zero-order chi connectivity index (χ0) is 9.80. The van der Waals surface area contributed by atoms with Crippen molar-refractivity contribution >= 4 is 0 Å². The molecule has 0 aliphatic carbocycles. The maximum Gasteiger partial charge on any atom is 0.299 e. The maximum absolute atomic E-state index is 8.79. The molecule has 0 radical (unpaired) electrons. The number of aromatic amines is 1. The largest absolute Gasteiger partial charge is 0.424 e. The van der Waals surface area contributed by atoms with Crippen LogP contribution < -0.4 is 4.74 Å². The summed E-state index contributed by atoms with van der Waals surface area (Å²) in [6.45, 7) is 0. The molecule has 0 saturated carbocycles. The summed E-state index contributed by atoms with van der Waals surface area (Å²) >= 11 is 0. The van der Waals surface area contributed by atoms with Gasteiger partial charge in [0.2, 0.25) is 0 Å². The van der Waals surface area contributed by atoms with Crippen LogP contribution in [0.25, 0.3) is 0 Å². The van der Waals surface area contributed by atoms with Crippen LogP contribution in [0.1, 0.15) is 5.56 Å². The molecule has 1 heterocycles. The van der Waals surface area contributed by atoms with Crippen molar-refractivity contribution in [3.63, 3.8) is 0 Å². The fourth-order valence-electron chi connectivity index (χ4n) is 1.06. The van der Waals surface area contributed by atoms with Gasteiger partial charge >= 0.3 is 0 Å². The summed E-state index contributed by atoms with van der Waals surface area (Å²) in [4.78, 5) is 6.69. The van der Waals surface area contributed by atoms with E-state index in [-0.39, 0.29) is 0 Å². The summed E-state index contributed by atoms with van der Waals surface area (Å²) in [6, 6.07) is 9.43. The fraction of sp³-hybridized carbons (Fsp3) is 0. The minimum atomic E-state index is 0.382. The van der Waals surface area contributed by atoms with Crippen LogP contribution in [-0.2, 0) is 0 Å². The average Bonchev–Trinajstić information content (AvgIpc) is 2.71. The Balaban J connectivity index is 2.30. The molecule has 1 aromatic carbocycles. The van der Waals surface area contributed by atoms with E-state index in [1.165, 1.54) is 0 Å². The molecule has 68 valence electrons. The molecule has 4 heteroatoms. The van der Waals surface area contributed by atoms with Crippen LogP contribution in [0.2, 0.25) is 0 Å². The lowest BCUT2D eigenvalue weighted by Gasteiger charge is -2.02. The first kappa shape index (κ1) is 8.32. The molecule has 0 saturated heterocycles. The summed E-state index contributed by atoms with van der Waals surface area (Å²) in [5.74, 6) is 0.505. The van der Waals surface area contributed by atoms with Gasteiger partial charge in [-0.2, -0.15) is 5.26 Å². The van der Waals surface area contributed by atoms with E-state index in [1.54, 1.807) is 36.7 Å². The SMILES string of the molecule is N#Cc1ccccc1Oc1ncc[nH]1. The maximum atomic E-state index is 8.79. The smallest absolute Gasteiger partial charge is 0.299 e. The molecule has 0 atom stereocenters. The number of nitrogens with one attached hydrogen (secondary N) is 1. The third-order valence-electron chi connectivity index (χ3n) is 1.69. The number of hydrogen-bond donors (Lipinski definition) is 1. The van der Waals surface area contributed by atoms with Gasteiger partial charge in [-0.1, -0.05) is 12.1 Å². The van der Waals surface area contributed by atoms with Gasteiger partial charge in [0.25, 0.3) is 6.01 Å². The molecule has 1 aromatic heterocycles. The summed E-state index contributed by atoms with van der Waals surface area (Å²) in [7, 11) is 0. The lowest BCUT2D eigenvalue weighted by molar-refractivity contribution is 0.446. The number of benzene rings is 1. The predicted octanol–water partition coefficient (Wildman–Crippen LogP) is 2.07. The van der Waals surface area contributed by atoms with E-state index >= 15 is 0 Å². The van der Waals surface area contributed by atoms with Gasteiger partial charge < -0.3 is 9.72 Å². The van der Waals surface area contributed by atoms with Crippen molar-refractivity contribution in [1.29, 1.82) is 5.26 Å². The van der Waals surface area contributed by atoms with Gasteiger partial charge in [-0.3, -0.25) is 0 Å². The molecule has 0 fully saturated rings.